The standard InChI is InChI=1S/C33H36Cl2N4O3S/c34-24-10-11-27(28(35)18-24)33-39(21-31(41)38-16-12-25(13-17-38)37-14-3-4-15-37)32(42)29(43-33)19-30(40)36-20-23-8-5-7-22-6-1-2-9-26(22)23/h1-2,5-11,18,25,29,33H,3-4,12-17,19-21H2,(H,36,40)/t29-,33-/m1/s1. The second-order valence-corrected chi connectivity index (χ2v) is 13.7. The van der Waals surface area contributed by atoms with Gasteiger partial charge in [-0.05, 0) is 67.2 Å². The van der Waals surface area contributed by atoms with Gasteiger partial charge >= 0.3 is 0 Å². The zero-order valence-electron chi connectivity index (χ0n) is 24.0. The van der Waals surface area contributed by atoms with Gasteiger partial charge in [0.15, 0.2) is 0 Å². The Labute approximate surface area is 266 Å². The molecule has 0 bridgehead atoms. The molecule has 0 aliphatic carbocycles. The first-order valence-corrected chi connectivity index (χ1v) is 16.7. The molecule has 3 amide bonds. The van der Waals surface area contributed by atoms with Crippen LogP contribution in [-0.2, 0) is 20.9 Å². The number of hydrogen-bond acceptors (Lipinski definition) is 5. The summed E-state index contributed by atoms with van der Waals surface area (Å²) in [5, 5.41) is 5.01. The van der Waals surface area contributed by atoms with Gasteiger partial charge in [-0.25, -0.2) is 0 Å². The first kappa shape index (κ1) is 30.3. The first-order chi connectivity index (χ1) is 20.9. The molecule has 6 rings (SSSR count). The number of thioether (sulfide) groups is 1. The highest BCUT2D eigenvalue weighted by Gasteiger charge is 2.44. The molecule has 3 aromatic rings. The first-order valence-electron chi connectivity index (χ1n) is 15.0. The summed E-state index contributed by atoms with van der Waals surface area (Å²) in [5.41, 5.74) is 1.73. The predicted molar refractivity (Wildman–Crippen MR) is 173 cm³/mol. The molecule has 0 aromatic heterocycles. The molecule has 10 heteroatoms. The van der Waals surface area contributed by atoms with Gasteiger partial charge in [0.25, 0.3) is 0 Å². The zero-order valence-corrected chi connectivity index (χ0v) is 26.3. The fraction of sp³-hybridized carbons (Fsp3) is 0.424. The normalized spacial score (nSPS) is 21.6. The summed E-state index contributed by atoms with van der Waals surface area (Å²) < 4.78 is 0. The van der Waals surface area contributed by atoms with Crippen LogP contribution in [0, 0.1) is 0 Å². The van der Waals surface area contributed by atoms with Crippen LogP contribution in [0.2, 0.25) is 10.0 Å². The minimum atomic E-state index is -0.627. The minimum Gasteiger partial charge on any atom is -0.352 e. The number of amides is 3. The third kappa shape index (κ3) is 6.83. The molecule has 0 saturated carbocycles. The molecule has 226 valence electrons. The van der Waals surface area contributed by atoms with E-state index in [0.717, 1.165) is 42.3 Å². The van der Waals surface area contributed by atoms with E-state index < -0.39 is 10.6 Å². The number of carbonyl (C=O) groups is 3. The van der Waals surface area contributed by atoms with Gasteiger partial charge in [0.2, 0.25) is 17.7 Å². The van der Waals surface area contributed by atoms with E-state index in [1.54, 1.807) is 23.1 Å². The van der Waals surface area contributed by atoms with Crippen LogP contribution in [0.3, 0.4) is 0 Å². The van der Waals surface area contributed by atoms with E-state index in [4.69, 9.17) is 23.2 Å². The Morgan fingerprint density at radius 1 is 0.930 bits per heavy atom. The molecular weight excluding hydrogens is 603 g/mol. The Morgan fingerprint density at radius 3 is 2.44 bits per heavy atom. The minimum absolute atomic E-state index is 0.0158. The van der Waals surface area contributed by atoms with Gasteiger partial charge in [-0.15, -0.1) is 11.8 Å². The summed E-state index contributed by atoms with van der Waals surface area (Å²) in [6, 6.07) is 19.8. The predicted octanol–water partition coefficient (Wildman–Crippen LogP) is 5.88. The molecule has 7 nitrogen and oxygen atoms in total. The molecule has 1 N–H and O–H groups in total. The summed E-state index contributed by atoms with van der Waals surface area (Å²) in [7, 11) is 0. The molecule has 3 aliphatic rings. The van der Waals surface area contributed by atoms with E-state index in [0.29, 0.717) is 41.3 Å². The van der Waals surface area contributed by atoms with E-state index >= 15 is 0 Å². The Hall–Kier alpha value is -2.78. The van der Waals surface area contributed by atoms with Gasteiger partial charge < -0.3 is 20.0 Å². The number of hydrogen-bond donors (Lipinski definition) is 1. The van der Waals surface area contributed by atoms with Crippen LogP contribution < -0.4 is 5.32 Å². The largest absolute Gasteiger partial charge is 0.352 e. The average molecular weight is 640 g/mol. The fourth-order valence-electron chi connectivity index (χ4n) is 6.54. The molecule has 0 radical (unpaired) electrons. The van der Waals surface area contributed by atoms with Crippen molar-refractivity contribution in [1.82, 2.24) is 20.0 Å². The topological polar surface area (TPSA) is 73.0 Å². The number of fused-ring (bicyclic) bond motifs is 1. The highest BCUT2D eigenvalue weighted by Crippen LogP contribution is 2.46. The smallest absolute Gasteiger partial charge is 0.242 e. The quantitative estimate of drug-likeness (QED) is 0.333. The Bertz CT molecular complexity index is 1500. The molecule has 3 aliphatic heterocycles. The number of nitrogens with zero attached hydrogens (tertiary/aromatic N) is 3. The van der Waals surface area contributed by atoms with E-state index in [-0.39, 0.29) is 30.7 Å². The molecule has 2 atom stereocenters. The Morgan fingerprint density at radius 2 is 1.67 bits per heavy atom. The van der Waals surface area contributed by atoms with Crippen molar-refractivity contribution in [2.75, 3.05) is 32.7 Å². The van der Waals surface area contributed by atoms with Crippen molar-refractivity contribution in [3.63, 3.8) is 0 Å². The van der Waals surface area contributed by atoms with Gasteiger partial charge in [0, 0.05) is 47.7 Å². The molecule has 3 heterocycles. The number of benzene rings is 3. The lowest BCUT2D eigenvalue weighted by molar-refractivity contribution is -0.141. The number of piperidine rings is 1. The van der Waals surface area contributed by atoms with E-state index in [1.165, 1.54) is 24.6 Å². The summed E-state index contributed by atoms with van der Waals surface area (Å²) in [6.45, 7) is 4.02. The van der Waals surface area contributed by atoms with Gasteiger partial charge in [0.05, 0.1) is 5.25 Å². The molecule has 3 fully saturated rings. The van der Waals surface area contributed by atoms with E-state index in [1.807, 2.05) is 47.4 Å². The summed E-state index contributed by atoms with van der Waals surface area (Å²) in [5.74, 6) is -0.497. The van der Waals surface area contributed by atoms with Crippen LogP contribution in [0.4, 0.5) is 0 Å². The summed E-state index contributed by atoms with van der Waals surface area (Å²) in [6.07, 6.45) is 4.44. The van der Waals surface area contributed by atoms with Crippen molar-refractivity contribution >= 4 is 63.5 Å². The van der Waals surface area contributed by atoms with Gasteiger partial charge in [0.1, 0.15) is 11.9 Å². The molecular formula is C33H36Cl2N4O3S. The van der Waals surface area contributed by atoms with Crippen LogP contribution in [0.25, 0.3) is 10.8 Å². The van der Waals surface area contributed by atoms with Crippen LogP contribution in [0.15, 0.2) is 60.7 Å². The van der Waals surface area contributed by atoms with Crippen molar-refractivity contribution < 1.29 is 14.4 Å². The SMILES string of the molecule is O=C(C[C@H]1S[C@H](c2ccc(Cl)cc2Cl)N(CC(=O)N2CCC(N3CCCC3)CC2)C1=O)NCc1cccc2ccccc12. The van der Waals surface area contributed by atoms with Crippen molar-refractivity contribution in [3.05, 3.63) is 81.8 Å². The Balaban J connectivity index is 1.12. The van der Waals surface area contributed by atoms with Crippen LogP contribution >= 0.6 is 35.0 Å². The highest BCUT2D eigenvalue weighted by atomic mass is 35.5. The average Bonchev–Trinajstić information content (AvgIpc) is 3.65. The van der Waals surface area contributed by atoms with E-state index in [9.17, 15) is 14.4 Å². The molecule has 0 unspecified atom stereocenters. The monoisotopic (exact) mass is 638 g/mol. The summed E-state index contributed by atoms with van der Waals surface area (Å²) >= 11 is 14.1. The van der Waals surface area contributed by atoms with Gasteiger partial charge in [-0.2, -0.15) is 0 Å². The van der Waals surface area contributed by atoms with E-state index in [2.05, 4.69) is 10.2 Å². The lowest BCUT2D eigenvalue weighted by Crippen LogP contribution is -2.49. The van der Waals surface area contributed by atoms with Crippen molar-refractivity contribution in [1.29, 1.82) is 0 Å². The molecule has 0 spiro atoms. The zero-order chi connectivity index (χ0) is 29.9. The summed E-state index contributed by atoms with van der Waals surface area (Å²) in [4.78, 5) is 46.4. The third-order valence-electron chi connectivity index (χ3n) is 8.87. The molecule has 3 aromatic carbocycles. The number of likely N-dealkylation sites (tertiary alicyclic amines) is 2. The Kier molecular flexibility index (Phi) is 9.48. The number of halogens is 2. The maximum absolute atomic E-state index is 13.8. The lowest BCUT2D eigenvalue weighted by Gasteiger charge is -2.37. The fourth-order valence-corrected chi connectivity index (χ4v) is 8.61. The van der Waals surface area contributed by atoms with Gasteiger partial charge in [-0.1, -0.05) is 71.7 Å². The van der Waals surface area contributed by atoms with Crippen molar-refractivity contribution in [2.24, 2.45) is 0 Å². The van der Waals surface area contributed by atoms with Crippen LogP contribution in [0.1, 0.15) is 48.6 Å². The maximum Gasteiger partial charge on any atom is 0.242 e. The second-order valence-electron chi connectivity index (χ2n) is 11.6. The third-order valence-corrected chi connectivity index (χ3v) is 10.9. The second kappa shape index (κ2) is 13.5. The van der Waals surface area contributed by atoms with Crippen LogP contribution in [-0.4, -0.2) is 76.4 Å². The van der Waals surface area contributed by atoms with Crippen LogP contribution in [0.5, 0.6) is 0 Å². The van der Waals surface area contributed by atoms with Gasteiger partial charge in [-0.3, -0.25) is 14.4 Å². The number of nitrogens with one attached hydrogen (secondary N) is 1. The van der Waals surface area contributed by atoms with Crippen molar-refractivity contribution in [3.8, 4) is 0 Å². The van der Waals surface area contributed by atoms with Crippen molar-refractivity contribution in [2.45, 2.75) is 55.3 Å². The molecule has 43 heavy (non-hydrogen) atoms. The highest BCUT2D eigenvalue weighted by molar-refractivity contribution is 8.01. The maximum atomic E-state index is 13.8. The lowest BCUT2D eigenvalue weighted by atomic mass is 10.0. The number of carbonyl (C=O) groups excluding carboxylic acids is 3. The number of rotatable bonds is 8. The molecule has 3 saturated heterocycles.